The second kappa shape index (κ2) is 7.42. The largest absolute Gasteiger partial charge is 0.439 e. The maximum absolute atomic E-state index is 13.5. The lowest BCUT2D eigenvalue weighted by atomic mass is 10.2. The molecule has 3 aromatic rings. The van der Waals surface area contributed by atoms with Gasteiger partial charge in [-0.15, -0.1) is 0 Å². The van der Waals surface area contributed by atoms with Gasteiger partial charge in [0.15, 0.2) is 11.4 Å². The van der Waals surface area contributed by atoms with Gasteiger partial charge in [0, 0.05) is 5.02 Å². The zero-order valence-corrected chi connectivity index (χ0v) is 13.3. The van der Waals surface area contributed by atoms with Crippen LogP contribution in [0.1, 0.15) is 11.5 Å². The van der Waals surface area contributed by atoms with Crippen LogP contribution in [0.4, 0.5) is 4.39 Å². The van der Waals surface area contributed by atoms with Gasteiger partial charge in [0.05, 0.1) is 13.2 Å². The lowest BCUT2D eigenvalue weighted by molar-refractivity contribution is -0.126. The number of nitrogens with zero attached hydrogens (tertiary/aromatic N) is 1. The summed E-state index contributed by atoms with van der Waals surface area (Å²) in [7, 11) is 0. The number of hydrogen-bond donors (Lipinski definition) is 1. The predicted molar refractivity (Wildman–Crippen MR) is 86.9 cm³/mol. The summed E-state index contributed by atoms with van der Waals surface area (Å²) in [6.07, 6.45) is 0. The molecule has 3 rings (SSSR count). The number of para-hydroxylation sites is 1. The number of nitrogens with one attached hydrogen (secondary N) is 1. The molecule has 5 nitrogen and oxygen atoms in total. The molecule has 0 aliphatic carbocycles. The van der Waals surface area contributed by atoms with E-state index in [4.69, 9.17) is 20.8 Å². The Hall–Kier alpha value is -2.44. The predicted octanol–water partition coefficient (Wildman–Crippen LogP) is 3.45. The van der Waals surface area contributed by atoms with E-state index in [9.17, 15) is 9.18 Å². The van der Waals surface area contributed by atoms with Crippen molar-refractivity contribution >= 4 is 28.6 Å². The number of rotatable bonds is 6. The summed E-state index contributed by atoms with van der Waals surface area (Å²) in [6, 6.07) is 11.7. The fraction of sp³-hybridized carbons (Fsp3) is 0.176. The molecule has 0 bridgehead atoms. The Labute approximate surface area is 142 Å². The third-order valence-electron chi connectivity index (χ3n) is 3.30. The van der Waals surface area contributed by atoms with E-state index in [1.165, 1.54) is 12.1 Å². The van der Waals surface area contributed by atoms with Crippen LogP contribution in [-0.4, -0.2) is 17.5 Å². The second-order valence-electron chi connectivity index (χ2n) is 5.06. The zero-order valence-electron chi connectivity index (χ0n) is 12.6. The van der Waals surface area contributed by atoms with Crippen LogP contribution in [0.15, 0.2) is 46.9 Å². The molecule has 1 aromatic heterocycles. The van der Waals surface area contributed by atoms with Gasteiger partial charge in [0.25, 0.3) is 0 Å². The van der Waals surface area contributed by atoms with Crippen molar-refractivity contribution in [1.82, 2.24) is 10.3 Å². The smallest absolute Gasteiger partial charge is 0.246 e. The van der Waals surface area contributed by atoms with Crippen LogP contribution in [0, 0.1) is 5.82 Å². The summed E-state index contributed by atoms with van der Waals surface area (Å²) >= 11 is 6.00. The minimum Gasteiger partial charge on any atom is -0.439 e. The second-order valence-corrected chi connectivity index (χ2v) is 5.46. The van der Waals surface area contributed by atoms with Crippen LogP contribution in [0.3, 0.4) is 0 Å². The van der Waals surface area contributed by atoms with E-state index in [1.54, 1.807) is 12.1 Å². The Morgan fingerprint density at radius 2 is 2.08 bits per heavy atom. The highest BCUT2D eigenvalue weighted by atomic mass is 35.5. The number of carbonyl (C=O) groups is 1. The molecule has 0 radical (unpaired) electrons. The Bertz CT molecular complexity index is 866. The first-order valence-electron chi connectivity index (χ1n) is 7.25. The number of fused-ring (bicyclic) bond motifs is 1. The third-order valence-corrected chi connectivity index (χ3v) is 3.67. The third kappa shape index (κ3) is 3.90. The van der Waals surface area contributed by atoms with Crippen LogP contribution < -0.4 is 5.32 Å². The molecule has 1 N–H and O–H groups in total. The highest BCUT2D eigenvalue weighted by molar-refractivity contribution is 6.31. The van der Waals surface area contributed by atoms with E-state index in [0.29, 0.717) is 10.6 Å². The Morgan fingerprint density at radius 1 is 1.25 bits per heavy atom. The van der Waals surface area contributed by atoms with Gasteiger partial charge in [-0.1, -0.05) is 35.9 Å². The monoisotopic (exact) mass is 348 g/mol. The molecule has 0 aliphatic heterocycles. The summed E-state index contributed by atoms with van der Waals surface area (Å²) in [5.74, 6) is -0.559. The van der Waals surface area contributed by atoms with Crippen LogP contribution >= 0.6 is 11.6 Å². The molecule has 2 aromatic carbocycles. The van der Waals surface area contributed by atoms with E-state index in [-0.39, 0.29) is 37.1 Å². The minimum absolute atomic E-state index is 0.0579. The lowest BCUT2D eigenvalue weighted by Gasteiger charge is -2.06. The maximum Gasteiger partial charge on any atom is 0.246 e. The molecular formula is C17H14ClFN2O3. The first-order valence-corrected chi connectivity index (χ1v) is 7.63. The van der Waals surface area contributed by atoms with Gasteiger partial charge < -0.3 is 14.5 Å². The Kier molecular flexibility index (Phi) is 5.08. The van der Waals surface area contributed by atoms with E-state index < -0.39 is 5.82 Å². The van der Waals surface area contributed by atoms with Crippen LogP contribution in [0.25, 0.3) is 11.1 Å². The zero-order chi connectivity index (χ0) is 16.9. The Morgan fingerprint density at radius 3 is 2.88 bits per heavy atom. The van der Waals surface area contributed by atoms with Crippen molar-refractivity contribution in [1.29, 1.82) is 0 Å². The maximum atomic E-state index is 13.5. The molecule has 0 unspecified atom stereocenters. The quantitative estimate of drug-likeness (QED) is 0.741. The van der Waals surface area contributed by atoms with Crippen molar-refractivity contribution in [2.45, 2.75) is 13.2 Å². The number of carbonyl (C=O) groups excluding carboxylic acids is 1. The number of hydrogen-bond acceptors (Lipinski definition) is 4. The van der Waals surface area contributed by atoms with Crippen molar-refractivity contribution in [3.05, 3.63) is 64.8 Å². The highest BCUT2D eigenvalue weighted by Crippen LogP contribution is 2.18. The van der Waals surface area contributed by atoms with Crippen molar-refractivity contribution in [3.63, 3.8) is 0 Å². The summed E-state index contributed by atoms with van der Waals surface area (Å²) in [6.45, 7) is 0.170. The van der Waals surface area contributed by atoms with Gasteiger partial charge in [-0.25, -0.2) is 9.37 Å². The van der Waals surface area contributed by atoms with Gasteiger partial charge in [-0.2, -0.15) is 0 Å². The fourth-order valence-corrected chi connectivity index (χ4v) is 2.32. The van der Waals surface area contributed by atoms with E-state index in [2.05, 4.69) is 10.3 Å². The van der Waals surface area contributed by atoms with Gasteiger partial charge in [0.1, 0.15) is 12.1 Å². The van der Waals surface area contributed by atoms with Crippen molar-refractivity contribution in [2.75, 3.05) is 6.61 Å². The van der Waals surface area contributed by atoms with Gasteiger partial charge in [-0.3, -0.25) is 4.79 Å². The summed E-state index contributed by atoms with van der Waals surface area (Å²) in [5.41, 5.74) is 1.30. The molecule has 24 heavy (non-hydrogen) atoms. The minimum atomic E-state index is -0.461. The van der Waals surface area contributed by atoms with E-state index >= 15 is 0 Å². The summed E-state index contributed by atoms with van der Waals surface area (Å²) in [5, 5.41) is 3.19. The molecule has 0 saturated carbocycles. The number of ether oxygens (including phenoxy) is 1. The average Bonchev–Trinajstić information content (AvgIpc) is 2.99. The van der Waals surface area contributed by atoms with Crippen molar-refractivity contribution < 1.29 is 18.3 Å². The molecule has 7 heteroatoms. The van der Waals surface area contributed by atoms with Crippen molar-refractivity contribution in [2.24, 2.45) is 0 Å². The molecule has 0 atom stereocenters. The number of amides is 1. The summed E-state index contributed by atoms with van der Waals surface area (Å²) < 4.78 is 24.2. The molecule has 0 spiro atoms. The number of halogens is 2. The number of oxazole rings is 1. The molecule has 0 fully saturated rings. The van der Waals surface area contributed by atoms with E-state index in [0.717, 1.165) is 5.56 Å². The van der Waals surface area contributed by atoms with E-state index in [1.807, 2.05) is 18.2 Å². The molecule has 1 amide bonds. The van der Waals surface area contributed by atoms with Crippen LogP contribution in [-0.2, 0) is 22.7 Å². The number of aromatic nitrogens is 1. The molecule has 1 heterocycles. The Balaban J connectivity index is 1.48. The molecule has 0 saturated heterocycles. The van der Waals surface area contributed by atoms with Gasteiger partial charge in [0.2, 0.25) is 11.8 Å². The SMILES string of the molecule is O=C(COCc1ccccc1Cl)NCc1nc2c(F)cccc2o1. The topological polar surface area (TPSA) is 64.4 Å². The van der Waals surface area contributed by atoms with Crippen LogP contribution in [0.5, 0.6) is 0 Å². The summed E-state index contributed by atoms with van der Waals surface area (Å²) in [4.78, 5) is 15.8. The normalized spacial score (nSPS) is 10.9. The highest BCUT2D eigenvalue weighted by Gasteiger charge is 2.11. The number of benzene rings is 2. The fourth-order valence-electron chi connectivity index (χ4n) is 2.13. The first-order chi connectivity index (χ1) is 11.6. The standard InChI is InChI=1S/C17H14ClFN2O3/c18-12-5-2-1-4-11(12)9-23-10-15(22)20-8-16-21-17-13(19)6-3-7-14(17)24-16/h1-7H,8-10H2,(H,20,22). The molecular weight excluding hydrogens is 335 g/mol. The van der Waals surface area contributed by atoms with Gasteiger partial charge in [-0.05, 0) is 23.8 Å². The van der Waals surface area contributed by atoms with Crippen molar-refractivity contribution in [3.8, 4) is 0 Å². The molecule has 124 valence electrons. The molecule has 0 aliphatic rings. The van der Waals surface area contributed by atoms with Crippen LogP contribution in [0.2, 0.25) is 5.02 Å². The average molecular weight is 349 g/mol. The van der Waals surface area contributed by atoms with Gasteiger partial charge >= 0.3 is 0 Å². The first kappa shape index (κ1) is 16.4. The lowest BCUT2D eigenvalue weighted by Crippen LogP contribution is -2.27.